The quantitative estimate of drug-likeness (QED) is 0.170. The zero-order valence-corrected chi connectivity index (χ0v) is 22.6. The molecule has 0 spiro atoms. The summed E-state index contributed by atoms with van der Waals surface area (Å²) in [4.78, 5) is 0. The Kier molecular flexibility index (Phi) is 15.8. The summed E-state index contributed by atoms with van der Waals surface area (Å²) < 4.78 is 12.2. The first-order valence-electron chi connectivity index (χ1n) is 14.5. The topological polar surface area (TPSA) is 18.5 Å². The van der Waals surface area contributed by atoms with E-state index in [0.29, 0.717) is 6.10 Å². The number of ether oxygens (including phenoxy) is 2. The molecule has 0 saturated heterocycles. The van der Waals surface area contributed by atoms with E-state index < -0.39 is 0 Å². The van der Waals surface area contributed by atoms with Gasteiger partial charge in [-0.05, 0) is 55.9 Å². The fourth-order valence-corrected chi connectivity index (χ4v) is 4.73. The van der Waals surface area contributed by atoms with Crippen molar-refractivity contribution < 1.29 is 9.47 Å². The summed E-state index contributed by atoms with van der Waals surface area (Å²) >= 11 is 0. The number of benzene rings is 2. The van der Waals surface area contributed by atoms with Gasteiger partial charge in [0, 0.05) is 12.2 Å². The molecular formula is C32H52O2. The van der Waals surface area contributed by atoms with E-state index in [1.807, 2.05) is 0 Å². The molecule has 192 valence electrons. The van der Waals surface area contributed by atoms with Crippen molar-refractivity contribution in [2.75, 3.05) is 13.2 Å². The Labute approximate surface area is 210 Å². The highest BCUT2D eigenvalue weighted by atomic mass is 16.5. The zero-order valence-electron chi connectivity index (χ0n) is 22.6. The predicted octanol–water partition coefficient (Wildman–Crippen LogP) is 10.1. The maximum Gasteiger partial charge on any atom is 0.123 e. The Bertz CT molecular complexity index is 754. The first kappa shape index (κ1) is 28.7. The van der Waals surface area contributed by atoms with E-state index in [9.17, 15) is 0 Å². The van der Waals surface area contributed by atoms with Gasteiger partial charge < -0.3 is 9.47 Å². The first-order chi connectivity index (χ1) is 16.8. The van der Waals surface area contributed by atoms with E-state index in [0.717, 1.165) is 25.4 Å². The van der Waals surface area contributed by atoms with Gasteiger partial charge in [0.2, 0.25) is 0 Å². The summed E-state index contributed by atoms with van der Waals surface area (Å²) in [7, 11) is 0. The molecule has 2 rings (SSSR count). The summed E-state index contributed by atoms with van der Waals surface area (Å²) in [6.45, 7) is 8.49. The zero-order chi connectivity index (χ0) is 24.3. The van der Waals surface area contributed by atoms with Crippen LogP contribution in [0.1, 0.15) is 123 Å². The minimum Gasteiger partial charge on any atom is -0.493 e. The van der Waals surface area contributed by atoms with Gasteiger partial charge in [0.15, 0.2) is 0 Å². The number of rotatable bonds is 21. The molecule has 0 aliphatic carbocycles. The molecule has 0 amide bonds. The van der Waals surface area contributed by atoms with Gasteiger partial charge in [0.05, 0.1) is 12.7 Å². The molecule has 34 heavy (non-hydrogen) atoms. The van der Waals surface area contributed by atoms with Crippen LogP contribution in [0.15, 0.2) is 36.4 Å². The molecule has 0 aromatic heterocycles. The Morgan fingerprint density at radius 3 is 2.12 bits per heavy atom. The monoisotopic (exact) mass is 468 g/mol. The Hall–Kier alpha value is -1.54. The molecule has 2 aromatic carbocycles. The first-order valence-corrected chi connectivity index (χ1v) is 14.5. The molecule has 2 aromatic rings. The van der Waals surface area contributed by atoms with E-state index >= 15 is 0 Å². The second kappa shape index (κ2) is 18.7. The SMILES string of the molecule is CCCCCCCCCCOc1ccc2ccccc2c1CCCCCCC(C)OCCCC. The molecule has 2 heteroatoms. The highest BCUT2D eigenvalue weighted by Gasteiger charge is 2.09. The summed E-state index contributed by atoms with van der Waals surface area (Å²) in [5.74, 6) is 1.11. The van der Waals surface area contributed by atoms with Gasteiger partial charge in [-0.25, -0.2) is 0 Å². The minimum absolute atomic E-state index is 0.404. The van der Waals surface area contributed by atoms with Gasteiger partial charge in [0.25, 0.3) is 0 Å². The Morgan fingerprint density at radius 2 is 1.32 bits per heavy atom. The Balaban J connectivity index is 1.74. The van der Waals surface area contributed by atoms with Gasteiger partial charge in [-0.15, -0.1) is 0 Å². The van der Waals surface area contributed by atoms with Gasteiger partial charge in [0.1, 0.15) is 5.75 Å². The minimum atomic E-state index is 0.404. The summed E-state index contributed by atoms with van der Waals surface area (Å²) in [6, 6.07) is 13.2. The third-order valence-corrected chi connectivity index (χ3v) is 6.94. The molecule has 0 saturated carbocycles. The lowest BCUT2D eigenvalue weighted by atomic mass is 9.98. The lowest BCUT2D eigenvalue weighted by molar-refractivity contribution is 0.0566. The van der Waals surface area contributed by atoms with Crippen LogP contribution in [-0.2, 0) is 11.2 Å². The molecule has 2 nitrogen and oxygen atoms in total. The maximum atomic E-state index is 6.33. The smallest absolute Gasteiger partial charge is 0.123 e. The Morgan fingerprint density at radius 1 is 0.647 bits per heavy atom. The molecule has 0 radical (unpaired) electrons. The molecule has 1 unspecified atom stereocenters. The molecule has 1 atom stereocenters. The van der Waals surface area contributed by atoms with Gasteiger partial charge >= 0.3 is 0 Å². The van der Waals surface area contributed by atoms with Gasteiger partial charge in [-0.1, -0.05) is 115 Å². The van der Waals surface area contributed by atoms with Crippen LogP contribution >= 0.6 is 0 Å². The molecule has 0 fully saturated rings. The molecular weight excluding hydrogens is 416 g/mol. The molecule has 0 heterocycles. The summed E-state index contributed by atoms with van der Waals surface area (Å²) in [5, 5.41) is 2.70. The fourth-order valence-electron chi connectivity index (χ4n) is 4.73. The number of hydrogen-bond acceptors (Lipinski definition) is 2. The standard InChI is InChI=1S/C32H52O2/c1-4-6-8-9-10-11-14-19-27-34-32-25-24-29-21-17-18-22-30(29)31(32)23-16-13-12-15-20-28(3)33-26-7-5-2/h17-18,21-22,24-25,28H,4-16,19-20,23,26-27H2,1-3H3. The summed E-state index contributed by atoms with van der Waals surface area (Å²) in [6.07, 6.45) is 20.9. The van der Waals surface area contributed by atoms with Crippen LogP contribution in [0.2, 0.25) is 0 Å². The van der Waals surface area contributed by atoms with Crippen LogP contribution in [-0.4, -0.2) is 19.3 Å². The van der Waals surface area contributed by atoms with Crippen molar-refractivity contribution in [3.8, 4) is 5.75 Å². The van der Waals surface area contributed by atoms with Crippen LogP contribution in [0, 0.1) is 0 Å². The highest BCUT2D eigenvalue weighted by molar-refractivity contribution is 5.87. The fraction of sp³-hybridized carbons (Fsp3) is 0.688. The van der Waals surface area contributed by atoms with Crippen LogP contribution in [0.3, 0.4) is 0 Å². The summed E-state index contributed by atoms with van der Waals surface area (Å²) in [5.41, 5.74) is 1.41. The molecule has 0 bridgehead atoms. The van der Waals surface area contributed by atoms with E-state index in [4.69, 9.17) is 9.47 Å². The highest BCUT2D eigenvalue weighted by Crippen LogP contribution is 2.30. The van der Waals surface area contributed by atoms with Crippen molar-refractivity contribution in [3.05, 3.63) is 42.0 Å². The third kappa shape index (κ3) is 11.7. The normalized spacial score (nSPS) is 12.3. The number of fused-ring (bicyclic) bond motifs is 1. The molecule has 0 N–H and O–H groups in total. The van der Waals surface area contributed by atoms with Crippen LogP contribution in [0.25, 0.3) is 10.8 Å². The van der Waals surface area contributed by atoms with Crippen LogP contribution in [0.4, 0.5) is 0 Å². The van der Waals surface area contributed by atoms with Crippen molar-refractivity contribution in [1.29, 1.82) is 0 Å². The van der Waals surface area contributed by atoms with E-state index in [2.05, 4.69) is 57.2 Å². The van der Waals surface area contributed by atoms with E-state index in [1.165, 1.54) is 113 Å². The van der Waals surface area contributed by atoms with Gasteiger partial charge in [-0.3, -0.25) is 0 Å². The van der Waals surface area contributed by atoms with Crippen LogP contribution in [0.5, 0.6) is 5.75 Å². The second-order valence-electron chi connectivity index (χ2n) is 10.1. The van der Waals surface area contributed by atoms with Crippen LogP contribution < -0.4 is 4.74 Å². The third-order valence-electron chi connectivity index (χ3n) is 6.94. The lowest BCUT2D eigenvalue weighted by Gasteiger charge is -2.15. The van der Waals surface area contributed by atoms with E-state index in [-0.39, 0.29) is 0 Å². The lowest BCUT2D eigenvalue weighted by Crippen LogP contribution is -2.08. The van der Waals surface area contributed by atoms with Gasteiger partial charge in [-0.2, -0.15) is 0 Å². The average molecular weight is 469 g/mol. The average Bonchev–Trinajstić information content (AvgIpc) is 2.85. The van der Waals surface area contributed by atoms with Crippen molar-refractivity contribution >= 4 is 10.8 Å². The molecule has 0 aliphatic rings. The van der Waals surface area contributed by atoms with E-state index in [1.54, 1.807) is 0 Å². The number of aryl methyl sites for hydroxylation is 1. The van der Waals surface area contributed by atoms with Crippen molar-refractivity contribution in [2.24, 2.45) is 0 Å². The van der Waals surface area contributed by atoms with Crippen molar-refractivity contribution in [2.45, 2.75) is 130 Å². The number of unbranched alkanes of at least 4 members (excludes halogenated alkanes) is 11. The largest absolute Gasteiger partial charge is 0.493 e. The maximum absolute atomic E-state index is 6.33. The van der Waals surface area contributed by atoms with Crippen molar-refractivity contribution in [1.82, 2.24) is 0 Å². The second-order valence-corrected chi connectivity index (χ2v) is 10.1. The predicted molar refractivity (Wildman–Crippen MR) is 149 cm³/mol. The van der Waals surface area contributed by atoms with Crippen molar-refractivity contribution in [3.63, 3.8) is 0 Å². The molecule has 0 aliphatic heterocycles. The number of hydrogen-bond donors (Lipinski definition) is 0.